The molecule has 0 unspecified atom stereocenters. The first-order valence-electron chi connectivity index (χ1n) is 9.77. The zero-order valence-corrected chi connectivity index (χ0v) is 19.9. The lowest BCUT2D eigenvalue weighted by atomic mass is 10.0. The predicted molar refractivity (Wildman–Crippen MR) is 131 cm³/mol. The maximum absolute atomic E-state index is 13.2. The van der Waals surface area contributed by atoms with E-state index in [9.17, 15) is 14.4 Å². The first kappa shape index (κ1) is 22.6. The summed E-state index contributed by atoms with van der Waals surface area (Å²) in [6.07, 6.45) is 1.37. The van der Waals surface area contributed by atoms with Crippen molar-refractivity contribution in [3.63, 3.8) is 0 Å². The van der Waals surface area contributed by atoms with E-state index in [1.54, 1.807) is 43.3 Å². The number of nitrogens with zero attached hydrogens (tertiary/aromatic N) is 1. The number of thiocarbonyl (C=S) groups is 1. The SMILES string of the molecule is Cc1cc(C(=O)O)ccc1-c1ccc(/C=C2\C(=O)NC(=S)N(c3ccc(Br)cc3C)C2=O)o1. The van der Waals surface area contributed by atoms with Crippen LogP contribution in [0.25, 0.3) is 17.4 Å². The van der Waals surface area contributed by atoms with E-state index in [1.165, 1.54) is 17.0 Å². The average Bonchev–Trinajstić information content (AvgIpc) is 3.20. The van der Waals surface area contributed by atoms with Gasteiger partial charge in [-0.1, -0.05) is 22.0 Å². The maximum Gasteiger partial charge on any atom is 0.335 e. The van der Waals surface area contributed by atoms with Crippen LogP contribution >= 0.6 is 28.1 Å². The normalized spacial score (nSPS) is 15.2. The summed E-state index contributed by atoms with van der Waals surface area (Å²) in [5.41, 5.74) is 2.85. The summed E-state index contributed by atoms with van der Waals surface area (Å²) in [6, 6.07) is 13.4. The lowest BCUT2D eigenvalue weighted by molar-refractivity contribution is -0.122. The third-order valence-corrected chi connectivity index (χ3v) is 5.93. The molecule has 1 fully saturated rings. The number of rotatable bonds is 4. The summed E-state index contributed by atoms with van der Waals surface area (Å²) in [7, 11) is 0. The van der Waals surface area contributed by atoms with E-state index in [4.69, 9.17) is 21.7 Å². The van der Waals surface area contributed by atoms with Crippen LogP contribution in [0.1, 0.15) is 27.2 Å². The van der Waals surface area contributed by atoms with E-state index in [2.05, 4.69) is 21.2 Å². The number of nitrogens with one attached hydrogen (secondary N) is 1. The van der Waals surface area contributed by atoms with Crippen LogP contribution in [0.5, 0.6) is 0 Å². The molecule has 2 aromatic carbocycles. The Morgan fingerprint density at radius 2 is 1.85 bits per heavy atom. The molecule has 9 heteroatoms. The zero-order chi connectivity index (χ0) is 23.9. The summed E-state index contributed by atoms with van der Waals surface area (Å²) in [5, 5.41) is 11.7. The maximum atomic E-state index is 13.2. The van der Waals surface area contributed by atoms with Gasteiger partial charge in [-0.2, -0.15) is 0 Å². The smallest absolute Gasteiger partial charge is 0.335 e. The van der Waals surface area contributed by atoms with Crippen molar-refractivity contribution in [2.45, 2.75) is 13.8 Å². The second-order valence-electron chi connectivity index (χ2n) is 7.43. The Labute approximate surface area is 202 Å². The van der Waals surface area contributed by atoms with Crippen LogP contribution in [-0.2, 0) is 9.59 Å². The van der Waals surface area contributed by atoms with E-state index < -0.39 is 17.8 Å². The molecule has 0 radical (unpaired) electrons. The van der Waals surface area contributed by atoms with Gasteiger partial charge in [-0.05, 0) is 85.7 Å². The second kappa shape index (κ2) is 8.76. The minimum absolute atomic E-state index is 0.00171. The van der Waals surface area contributed by atoms with Gasteiger partial charge in [0.25, 0.3) is 11.8 Å². The number of carboxylic acid groups (broad SMARTS) is 1. The Bertz CT molecular complexity index is 1370. The number of amides is 2. The lowest BCUT2D eigenvalue weighted by Crippen LogP contribution is -2.54. The molecular weight excluding hydrogens is 508 g/mol. The molecule has 2 N–H and O–H groups in total. The van der Waals surface area contributed by atoms with Gasteiger partial charge in [0.05, 0.1) is 11.3 Å². The molecule has 0 saturated carbocycles. The van der Waals surface area contributed by atoms with Crippen molar-refractivity contribution in [1.82, 2.24) is 5.32 Å². The standard InChI is InChI=1S/C24H17BrN2O5S/c1-12-9-14(23(30)31)3-6-17(12)20-8-5-16(32-20)11-18-21(28)26-24(33)27(22(18)29)19-7-4-15(25)10-13(19)2/h3-11H,1-2H3,(H,30,31)(H,26,28,33)/b18-11+. The Kier molecular flexibility index (Phi) is 6.01. The lowest BCUT2D eigenvalue weighted by Gasteiger charge is -2.29. The summed E-state index contributed by atoms with van der Waals surface area (Å²) in [5.74, 6) is -1.41. The summed E-state index contributed by atoms with van der Waals surface area (Å²) >= 11 is 8.65. The molecule has 0 bridgehead atoms. The van der Waals surface area contributed by atoms with E-state index in [-0.39, 0.29) is 16.2 Å². The fourth-order valence-electron chi connectivity index (χ4n) is 3.54. The van der Waals surface area contributed by atoms with Crippen LogP contribution in [0.15, 0.2) is 63.0 Å². The molecule has 4 rings (SSSR count). The fraction of sp³-hybridized carbons (Fsp3) is 0.0833. The highest BCUT2D eigenvalue weighted by atomic mass is 79.9. The molecule has 1 aliphatic heterocycles. The van der Waals surface area contributed by atoms with Crippen molar-refractivity contribution >= 4 is 62.8 Å². The Balaban J connectivity index is 1.68. The number of hydrogen-bond donors (Lipinski definition) is 2. The molecule has 33 heavy (non-hydrogen) atoms. The van der Waals surface area contributed by atoms with Crippen LogP contribution in [0.2, 0.25) is 0 Å². The number of furan rings is 1. The first-order valence-corrected chi connectivity index (χ1v) is 11.0. The van der Waals surface area contributed by atoms with E-state index in [0.717, 1.165) is 15.6 Å². The molecular formula is C24H17BrN2O5S. The molecule has 166 valence electrons. The van der Waals surface area contributed by atoms with Crippen molar-refractivity contribution < 1.29 is 23.9 Å². The number of carbonyl (C=O) groups excluding carboxylic acids is 2. The highest BCUT2D eigenvalue weighted by molar-refractivity contribution is 9.10. The van der Waals surface area contributed by atoms with Crippen LogP contribution in [0.4, 0.5) is 5.69 Å². The number of benzene rings is 2. The van der Waals surface area contributed by atoms with Gasteiger partial charge in [-0.25, -0.2) is 4.79 Å². The van der Waals surface area contributed by atoms with E-state index in [0.29, 0.717) is 22.8 Å². The van der Waals surface area contributed by atoms with Gasteiger partial charge in [0.15, 0.2) is 5.11 Å². The zero-order valence-electron chi connectivity index (χ0n) is 17.5. The highest BCUT2D eigenvalue weighted by Crippen LogP contribution is 2.30. The van der Waals surface area contributed by atoms with Crippen molar-refractivity contribution in [1.29, 1.82) is 0 Å². The number of carboxylic acids is 1. The highest BCUT2D eigenvalue weighted by Gasteiger charge is 2.35. The molecule has 0 spiro atoms. The van der Waals surface area contributed by atoms with Crippen LogP contribution in [0.3, 0.4) is 0 Å². The predicted octanol–water partition coefficient (Wildman–Crippen LogP) is 4.86. The monoisotopic (exact) mass is 524 g/mol. The van der Waals surface area contributed by atoms with Crippen LogP contribution in [-0.4, -0.2) is 28.0 Å². The minimum Gasteiger partial charge on any atom is -0.478 e. The number of halogens is 1. The molecule has 0 aliphatic carbocycles. The van der Waals surface area contributed by atoms with Crippen molar-refractivity contribution in [2.75, 3.05) is 4.90 Å². The Morgan fingerprint density at radius 3 is 2.52 bits per heavy atom. The molecule has 1 aliphatic rings. The number of aromatic carboxylic acids is 1. The first-order chi connectivity index (χ1) is 15.7. The number of aryl methyl sites for hydroxylation is 2. The third-order valence-electron chi connectivity index (χ3n) is 5.15. The molecule has 1 aromatic heterocycles. The van der Waals surface area contributed by atoms with Crippen molar-refractivity contribution in [3.8, 4) is 11.3 Å². The molecule has 1 saturated heterocycles. The number of hydrogen-bond acceptors (Lipinski definition) is 5. The van der Waals surface area contributed by atoms with Crippen LogP contribution < -0.4 is 10.2 Å². The quantitative estimate of drug-likeness (QED) is 0.287. The van der Waals surface area contributed by atoms with Crippen molar-refractivity contribution in [3.05, 3.63) is 81.0 Å². The van der Waals surface area contributed by atoms with E-state index >= 15 is 0 Å². The summed E-state index contributed by atoms with van der Waals surface area (Å²) < 4.78 is 6.70. The topological polar surface area (TPSA) is 99.8 Å². The largest absolute Gasteiger partial charge is 0.478 e. The van der Waals surface area contributed by atoms with Gasteiger partial charge in [0, 0.05) is 10.0 Å². The van der Waals surface area contributed by atoms with Gasteiger partial charge >= 0.3 is 5.97 Å². The Hall–Kier alpha value is -3.56. The number of anilines is 1. The minimum atomic E-state index is -1.01. The fourth-order valence-corrected chi connectivity index (χ4v) is 4.29. The summed E-state index contributed by atoms with van der Waals surface area (Å²) in [4.78, 5) is 38.2. The average molecular weight is 525 g/mol. The number of carbonyl (C=O) groups is 3. The summed E-state index contributed by atoms with van der Waals surface area (Å²) in [6.45, 7) is 3.62. The van der Waals surface area contributed by atoms with Crippen LogP contribution in [0, 0.1) is 13.8 Å². The molecule has 2 amide bonds. The second-order valence-corrected chi connectivity index (χ2v) is 8.73. The molecule has 2 heterocycles. The van der Waals surface area contributed by atoms with Gasteiger partial charge in [-0.3, -0.25) is 19.8 Å². The molecule has 7 nitrogen and oxygen atoms in total. The Morgan fingerprint density at radius 1 is 1.09 bits per heavy atom. The van der Waals surface area contributed by atoms with E-state index in [1.807, 2.05) is 13.0 Å². The molecule has 3 aromatic rings. The van der Waals surface area contributed by atoms with Gasteiger partial charge in [0.2, 0.25) is 0 Å². The van der Waals surface area contributed by atoms with Gasteiger partial charge in [-0.15, -0.1) is 0 Å². The molecule has 0 atom stereocenters. The van der Waals surface area contributed by atoms with Gasteiger partial charge < -0.3 is 9.52 Å². The van der Waals surface area contributed by atoms with Gasteiger partial charge in [0.1, 0.15) is 17.1 Å². The van der Waals surface area contributed by atoms with Crippen molar-refractivity contribution in [2.24, 2.45) is 0 Å². The third kappa shape index (κ3) is 4.37.